The van der Waals surface area contributed by atoms with E-state index in [1.54, 1.807) is 4.68 Å². The van der Waals surface area contributed by atoms with Crippen LogP contribution in [-0.2, 0) is 6.42 Å². The van der Waals surface area contributed by atoms with Gasteiger partial charge in [-0.05, 0) is 38.2 Å². The Morgan fingerprint density at radius 2 is 2.00 bits per heavy atom. The van der Waals surface area contributed by atoms with Crippen molar-refractivity contribution in [2.75, 3.05) is 0 Å². The van der Waals surface area contributed by atoms with Crippen LogP contribution in [0, 0.1) is 19.8 Å². The number of carbonyl (C=O) groups excluding carboxylic acids is 1. The van der Waals surface area contributed by atoms with Crippen LogP contribution >= 0.6 is 0 Å². The molecule has 0 bridgehead atoms. The molecule has 0 atom stereocenters. The molecule has 0 saturated heterocycles. The molecule has 1 aromatic heterocycles. The lowest BCUT2D eigenvalue weighted by Crippen LogP contribution is -2.13. The quantitative estimate of drug-likeness (QED) is 0.784. The van der Waals surface area contributed by atoms with Gasteiger partial charge in [0.25, 0.3) is 0 Å². The Kier molecular flexibility index (Phi) is 4.27. The third-order valence-electron chi connectivity index (χ3n) is 2.75. The molecule has 0 N–H and O–H groups in total. The standard InChI is InChI=1S/C13H22N2O/c1-6-7-13(16)15-11(5)12(8-9(2)3)10(4)14-15/h9H,6-8H2,1-5H3. The Labute approximate surface area is 97.8 Å². The highest BCUT2D eigenvalue weighted by atomic mass is 16.2. The van der Waals surface area contributed by atoms with Crippen LogP contribution < -0.4 is 0 Å². The molecule has 0 spiro atoms. The maximum atomic E-state index is 11.8. The van der Waals surface area contributed by atoms with E-state index in [1.807, 2.05) is 20.8 Å². The Morgan fingerprint density at radius 3 is 2.50 bits per heavy atom. The number of carbonyl (C=O) groups is 1. The minimum absolute atomic E-state index is 0.109. The molecule has 0 fully saturated rings. The predicted octanol–water partition coefficient (Wildman–Crippen LogP) is 3.14. The number of hydrogen-bond donors (Lipinski definition) is 0. The van der Waals surface area contributed by atoms with Crippen LogP contribution in [0.15, 0.2) is 0 Å². The van der Waals surface area contributed by atoms with Gasteiger partial charge in [0.05, 0.1) is 5.69 Å². The monoisotopic (exact) mass is 222 g/mol. The highest BCUT2D eigenvalue weighted by molar-refractivity contribution is 5.79. The first-order valence-electron chi connectivity index (χ1n) is 6.05. The number of rotatable bonds is 4. The first kappa shape index (κ1) is 12.9. The van der Waals surface area contributed by atoms with Crippen molar-refractivity contribution < 1.29 is 4.79 Å². The summed E-state index contributed by atoms with van der Waals surface area (Å²) in [7, 11) is 0. The lowest BCUT2D eigenvalue weighted by molar-refractivity contribution is 0.0883. The first-order chi connectivity index (χ1) is 7.47. The first-order valence-corrected chi connectivity index (χ1v) is 6.05. The van der Waals surface area contributed by atoms with Gasteiger partial charge in [0, 0.05) is 12.1 Å². The minimum Gasteiger partial charge on any atom is -0.273 e. The third-order valence-corrected chi connectivity index (χ3v) is 2.75. The van der Waals surface area contributed by atoms with E-state index < -0.39 is 0 Å². The predicted molar refractivity (Wildman–Crippen MR) is 65.8 cm³/mol. The molecule has 0 aliphatic carbocycles. The normalized spacial score (nSPS) is 11.1. The van der Waals surface area contributed by atoms with Crippen molar-refractivity contribution in [1.29, 1.82) is 0 Å². The van der Waals surface area contributed by atoms with Gasteiger partial charge in [-0.1, -0.05) is 20.8 Å². The van der Waals surface area contributed by atoms with Crippen LogP contribution in [0.1, 0.15) is 55.4 Å². The van der Waals surface area contributed by atoms with Crippen LogP contribution in [0.5, 0.6) is 0 Å². The number of aromatic nitrogens is 2. The second-order valence-corrected chi connectivity index (χ2v) is 4.80. The minimum atomic E-state index is 0.109. The molecular formula is C13H22N2O. The molecule has 0 radical (unpaired) electrons. The lowest BCUT2D eigenvalue weighted by atomic mass is 10.0. The summed E-state index contributed by atoms with van der Waals surface area (Å²) in [5.74, 6) is 0.703. The van der Waals surface area contributed by atoms with Crippen molar-refractivity contribution in [3.05, 3.63) is 17.0 Å². The molecule has 0 unspecified atom stereocenters. The van der Waals surface area contributed by atoms with Crippen molar-refractivity contribution in [2.24, 2.45) is 5.92 Å². The van der Waals surface area contributed by atoms with Crippen molar-refractivity contribution in [2.45, 2.75) is 53.9 Å². The average molecular weight is 222 g/mol. The Balaban J connectivity index is 3.01. The molecule has 0 amide bonds. The van der Waals surface area contributed by atoms with Crippen molar-refractivity contribution in [1.82, 2.24) is 9.78 Å². The lowest BCUT2D eigenvalue weighted by Gasteiger charge is -2.05. The molecule has 0 aliphatic heterocycles. The fourth-order valence-electron chi connectivity index (χ4n) is 1.94. The highest BCUT2D eigenvalue weighted by Gasteiger charge is 2.16. The number of hydrogen-bond acceptors (Lipinski definition) is 2. The smallest absolute Gasteiger partial charge is 0.247 e. The summed E-state index contributed by atoms with van der Waals surface area (Å²) in [6.45, 7) is 10.4. The van der Waals surface area contributed by atoms with Gasteiger partial charge in [-0.25, -0.2) is 4.68 Å². The third kappa shape index (κ3) is 2.71. The molecule has 1 heterocycles. The van der Waals surface area contributed by atoms with Crippen LogP contribution in [0.3, 0.4) is 0 Å². The molecule has 1 rings (SSSR count). The van der Waals surface area contributed by atoms with Crippen LogP contribution in [0.2, 0.25) is 0 Å². The molecular weight excluding hydrogens is 200 g/mol. The molecule has 16 heavy (non-hydrogen) atoms. The fraction of sp³-hybridized carbons (Fsp3) is 0.692. The van der Waals surface area contributed by atoms with Crippen LogP contribution in [0.25, 0.3) is 0 Å². The zero-order chi connectivity index (χ0) is 12.3. The van der Waals surface area contributed by atoms with Gasteiger partial charge in [-0.2, -0.15) is 5.10 Å². The molecule has 0 saturated carbocycles. The summed E-state index contributed by atoms with van der Waals surface area (Å²) in [6, 6.07) is 0. The Morgan fingerprint density at radius 1 is 1.38 bits per heavy atom. The van der Waals surface area contributed by atoms with Gasteiger partial charge in [0.15, 0.2) is 0 Å². The zero-order valence-electron chi connectivity index (χ0n) is 11.0. The molecule has 1 aromatic rings. The number of nitrogens with zero attached hydrogens (tertiary/aromatic N) is 2. The van der Waals surface area contributed by atoms with Crippen molar-refractivity contribution >= 4 is 5.91 Å². The maximum Gasteiger partial charge on any atom is 0.247 e. The van der Waals surface area contributed by atoms with E-state index in [1.165, 1.54) is 5.56 Å². The van der Waals surface area contributed by atoms with Gasteiger partial charge in [-0.3, -0.25) is 4.79 Å². The second kappa shape index (κ2) is 5.28. The fourth-order valence-corrected chi connectivity index (χ4v) is 1.94. The van der Waals surface area contributed by atoms with E-state index in [0.29, 0.717) is 12.3 Å². The number of aryl methyl sites for hydroxylation is 1. The maximum absolute atomic E-state index is 11.8. The summed E-state index contributed by atoms with van der Waals surface area (Å²) in [5.41, 5.74) is 3.25. The Bertz CT molecular complexity index is 378. The topological polar surface area (TPSA) is 34.9 Å². The molecule has 0 aliphatic rings. The van der Waals surface area contributed by atoms with Gasteiger partial charge >= 0.3 is 0 Å². The van der Waals surface area contributed by atoms with Crippen molar-refractivity contribution in [3.8, 4) is 0 Å². The van der Waals surface area contributed by atoms with Crippen molar-refractivity contribution in [3.63, 3.8) is 0 Å². The molecule has 0 aromatic carbocycles. The van der Waals surface area contributed by atoms with Gasteiger partial charge in [0.2, 0.25) is 5.91 Å². The summed E-state index contributed by atoms with van der Waals surface area (Å²) in [5, 5.41) is 4.35. The van der Waals surface area contributed by atoms with E-state index in [2.05, 4.69) is 18.9 Å². The van der Waals surface area contributed by atoms with E-state index >= 15 is 0 Å². The summed E-state index contributed by atoms with van der Waals surface area (Å²) < 4.78 is 1.58. The van der Waals surface area contributed by atoms with Gasteiger partial charge in [-0.15, -0.1) is 0 Å². The molecule has 3 nitrogen and oxygen atoms in total. The zero-order valence-corrected chi connectivity index (χ0v) is 11.0. The SMILES string of the molecule is CCCC(=O)n1nc(C)c(CC(C)C)c1C. The van der Waals surface area contributed by atoms with Crippen LogP contribution in [-0.4, -0.2) is 15.7 Å². The van der Waals surface area contributed by atoms with E-state index in [-0.39, 0.29) is 5.91 Å². The molecule has 3 heteroatoms. The summed E-state index contributed by atoms with van der Waals surface area (Å²) in [6.07, 6.45) is 2.44. The van der Waals surface area contributed by atoms with Gasteiger partial charge in [0.1, 0.15) is 0 Å². The Hall–Kier alpha value is -1.12. The van der Waals surface area contributed by atoms with E-state index in [0.717, 1.165) is 24.2 Å². The van der Waals surface area contributed by atoms with Crippen LogP contribution in [0.4, 0.5) is 0 Å². The van der Waals surface area contributed by atoms with Gasteiger partial charge < -0.3 is 0 Å². The second-order valence-electron chi connectivity index (χ2n) is 4.80. The van der Waals surface area contributed by atoms with E-state index in [9.17, 15) is 4.79 Å². The van der Waals surface area contributed by atoms with E-state index in [4.69, 9.17) is 0 Å². The molecule has 90 valence electrons. The average Bonchev–Trinajstić information content (AvgIpc) is 2.45. The highest BCUT2D eigenvalue weighted by Crippen LogP contribution is 2.17. The summed E-state index contributed by atoms with van der Waals surface area (Å²) in [4.78, 5) is 11.8. The largest absolute Gasteiger partial charge is 0.273 e. The summed E-state index contributed by atoms with van der Waals surface area (Å²) >= 11 is 0.